The second-order valence-corrected chi connectivity index (χ2v) is 5.49. The highest BCUT2D eigenvalue weighted by Gasteiger charge is 2.18. The number of piperidine rings is 1. The van der Waals surface area contributed by atoms with E-state index in [1.54, 1.807) is 11.3 Å². The quantitative estimate of drug-likeness (QED) is 0.898. The van der Waals surface area contributed by atoms with Crippen LogP contribution in [0.25, 0.3) is 10.6 Å². The van der Waals surface area contributed by atoms with E-state index in [9.17, 15) is 0 Å². The summed E-state index contributed by atoms with van der Waals surface area (Å²) in [6.07, 6.45) is 3.88. The van der Waals surface area contributed by atoms with Crippen molar-refractivity contribution in [2.45, 2.75) is 18.9 Å². The fourth-order valence-electron chi connectivity index (χ4n) is 2.16. The van der Waals surface area contributed by atoms with Crippen molar-refractivity contribution in [3.05, 3.63) is 29.8 Å². The highest BCUT2D eigenvalue weighted by molar-refractivity contribution is 7.13. The fourth-order valence-corrected chi connectivity index (χ4v) is 2.86. The molecule has 3 rings (SSSR count). The van der Waals surface area contributed by atoms with Crippen LogP contribution in [0.1, 0.15) is 12.8 Å². The Kier molecular flexibility index (Phi) is 3.25. The van der Waals surface area contributed by atoms with Gasteiger partial charge in [0.15, 0.2) is 0 Å². The van der Waals surface area contributed by atoms with Crippen molar-refractivity contribution in [2.75, 3.05) is 18.0 Å². The lowest BCUT2D eigenvalue weighted by Crippen LogP contribution is -2.40. The van der Waals surface area contributed by atoms with E-state index >= 15 is 0 Å². The zero-order valence-corrected chi connectivity index (χ0v) is 10.9. The normalized spacial score (nSPS) is 17.1. The van der Waals surface area contributed by atoms with Crippen LogP contribution in [-0.4, -0.2) is 29.1 Å². The number of thiophene rings is 1. The van der Waals surface area contributed by atoms with Gasteiger partial charge in [-0.05, 0) is 30.4 Å². The third kappa shape index (κ3) is 2.37. The molecule has 0 aromatic carbocycles. The van der Waals surface area contributed by atoms with Crippen molar-refractivity contribution in [2.24, 2.45) is 5.73 Å². The molecule has 1 aliphatic rings. The highest BCUT2D eigenvalue weighted by Crippen LogP contribution is 2.24. The summed E-state index contributed by atoms with van der Waals surface area (Å²) >= 11 is 1.70. The monoisotopic (exact) mass is 260 g/mol. The van der Waals surface area contributed by atoms with Gasteiger partial charge in [0, 0.05) is 25.3 Å². The Morgan fingerprint density at radius 3 is 2.83 bits per heavy atom. The van der Waals surface area contributed by atoms with Gasteiger partial charge in [-0.1, -0.05) is 6.07 Å². The molecule has 0 radical (unpaired) electrons. The van der Waals surface area contributed by atoms with E-state index in [2.05, 4.69) is 26.3 Å². The molecule has 3 heterocycles. The lowest BCUT2D eigenvalue weighted by molar-refractivity contribution is 0.495. The molecule has 4 nitrogen and oxygen atoms in total. The topological polar surface area (TPSA) is 55.0 Å². The van der Waals surface area contributed by atoms with Crippen LogP contribution in [0, 0.1) is 0 Å². The number of aromatic nitrogens is 2. The molecule has 2 aromatic rings. The van der Waals surface area contributed by atoms with Crippen LogP contribution >= 0.6 is 11.3 Å². The second-order valence-electron chi connectivity index (χ2n) is 4.54. The number of hydrogen-bond acceptors (Lipinski definition) is 5. The van der Waals surface area contributed by atoms with E-state index < -0.39 is 0 Å². The average Bonchev–Trinajstić information content (AvgIpc) is 2.94. The summed E-state index contributed by atoms with van der Waals surface area (Å²) in [5, 5.41) is 2.07. The molecule has 2 aromatic heterocycles. The minimum atomic E-state index is 0.335. The SMILES string of the molecule is NC1CCN(c2nccc(-c3cccs3)n2)CC1. The van der Waals surface area contributed by atoms with E-state index in [1.807, 2.05) is 18.3 Å². The van der Waals surface area contributed by atoms with Gasteiger partial charge in [-0.3, -0.25) is 0 Å². The largest absolute Gasteiger partial charge is 0.341 e. The van der Waals surface area contributed by atoms with Crippen molar-refractivity contribution < 1.29 is 0 Å². The van der Waals surface area contributed by atoms with Crippen molar-refractivity contribution in [3.8, 4) is 10.6 Å². The third-order valence-corrected chi connectivity index (χ3v) is 4.13. The molecule has 2 N–H and O–H groups in total. The lowest BCUT2D eigenvalue weighted by Gasteiger charge is -2.30. The van der Waals surface area contributed by atoms with Crippen molar-refractivity contribution in [3.63, 3.8) is 0 Å². The molecule has 94 valence electrons. The van der Waals surface area contributed by atoms with Gasteiger partial charge in [0.1, 0.15) is 0 Å². The Labute approximate surface area is 110 Å². The zero-order chi connectivity index (χ0) is 12.4. The van der Waals surface area contributed by atoms with Crippen LogP contribution in [0.4, 0.5) is 5.95 Å². The summed E-state index contributed by atoms with van der Waals surface area (Å²) < 4.78 is 0. The predicted octanol–water partition coefficient (Wildman–Crippen LogP) is 2.13. The van der Waals surface area contributed by atoms with E-state index in [0.717, 1.165) is 37.6 Å². The summed E-state index contributed by atoms with van der Waals surface area (Å²) in [6, 6.07) is 6.43. The highest BCUT2D eigenvalue weighted by atomic mass is 32.1. The summed E-state index contributed by atoms with van der Waals surface area (Å²) in [7, 11) is 0. The molecule has 1 saturated heterocycles. The van der Waals surface area contributed by atoms with Gasteiger partial charge in [0.05, 0.1) is 10.6 Å². The molecule has 1 fully saturated rings. The first-order valence-corrected chi connectivity index (χ1v) is 7.08. The van der Waals surface area contributed by atoms with E-state index in [-0.39, 0.29) is 0 Å². The summed E-state index contributed by atoms with van der Waals surface area (Å²) in [5.74, 6) is 0.827. The molecule has 0 amide bonds. The molecule has 18 heavy (non-hydrogen) atoms. The van der Waals surface area contributed by atoms with E-state index in [0.29, 0.717) is 6.04 Å². The summed E-state index contributed by atoms with van der Waals surface area (Å²) in [4.78, 5) is 12.4. The maximum absolute atomic E-state index is 5.92. The Morgan fingerprint density at radius 1 is 1.28 bits per heavy atom. The van der Waals surface area contributed by atoms with Crippen molar-refractivity contribution >= 4 is 17.3 Å². The molecule has 0 atom stereocenters. The minimum Gasteiger partial charge on any atom is -0.341 e. The number of nitrogens with two attached hydrogens (primary N) is 1. The van der Waals surface area contributed by atoms with Crippen LogP contribution in [0.15, 0.2) is 29.8 Å². The fraction of sp³-hybridized carbons (Fsp3) is 0.385. The van der Waals surface area contributed by atoms with Crippen molar-refractivity contribution in [1.82, 2.24) is 9.97 Å². The molecule has 5 heteroatoms. The van der Waals surface area contributed by atoms with Crippen LogP contribution in [0.2, 0.25) is 0 Å². The van der Waals surface area contributed by atoms with Gasteiger partial charge in [-0.25, -0.2) is 9.97 Å². The maximum atomic E-state index is 5.92. The van der Waals surface area contributed by atoms with Gasteiger partial charge < -0.3 is 10.6 Å². The third-order valence-electron chi connectivity index (χ3n) is 3.24. The Balaban J connectivity index is 1.83. The number of nitrogens with zero attached hydrogens (tertiary/aromatic N) is 3. The van der Waals surface area contributed by atoms with Gasteiger partial charge in [-0.15, -0.1) is 11.3 Å². The molecular formula is C13H16N4S. The van der Waals surface area contributed by atoms with Gasteiger partial charge >= 0.3 is 0 Å². The summed E-state index contributed by atoms with van der Waals surface area (Å²) in [5.41, 5.74) is 6.92. The average molecular weight is 260 g/mol. The molecule has 0 saturated carbocycles. The predicted molar refractivity (Wildman–Crippen MR) is 74.8 cm³/mol. The molecule has 1 aliphatic heterocycles. The second kappa shape index (κ2) is 5.04. The van der Waals surface area contributed by atoms with E-state index in [4.69, 9.17) is 5.73 Å². The van der Waals surface area contributed by atoms with Gasteiger partial charge in [0.25, 0.3) is 0 Å². The van der Waals surface area contributed by atoms with Gasteiger partial charge in [0.2, 0.25) is 5.95 Å². The molecule has 0 aliphatic carbocycles. The lowest BCUT2D eigenvalue weighted by atomic mass is 10.1. The van der Waals surface area contributed by atoms with Crippen molar-refractivity contribution in [1.29, 1.82) is 0 Å². The van der Waals surface area contributed by atoms with E-state index in [1.165, 1.54) is 4.88 Å². The van der Waals surface area contributed by atoms with Gasteiger partial charge in [-0.2, -0.15) is 0 Å². The van der Waals surface area contributed by atoms with Crippen LogP contribution < -0.4 is 10.6 Å². The first-order chi connectivity index (χ1) is 8.83. The first kappa shape index (κ1) is 11.6. The molecular weight excluding hydrogens is 244 g/mol. The smallest absolute Gasteiger partial charge is 0.225 e. The molecule has 0 spiro atoms. The zero-order valence-electron chi connectivity index (χ0n) is 10.1. The number of anilines is 1. The number of rotatable bonds is 2. The van der Waals surface area contributed by atoms with Crippen LogP contribution in [-0.2, 0) is 0 Å². The Bertz CT molecular complexity index is 503. The summed E-state index contributed by atoms with van der Waals surface area (Å²) in [6.45, 7) is 1.91. The molecule has 0 unspecified atom stereocenters. The Hall–Kier alpha value is -1.46. The minimum absolute atomic E-state index is 0.335. The number of hydrogen-bond donors (Lipinski definition) is 1. The first-order valence-electron chi connectivity index (χ1n) is 6.20. The standard InChI is InChI=1S/C13H16N4S/c14-10-4-7-17(8-5-10)13-15-6-3-11(16-13)12-2-1-9-18-12/h1-3,6,9-10H,4-5,7-8,14H2. The van der Waals surface area contributed by atoms with Crippen LogP contribution in [0.3, 0.4) is 0 Å². The van der Waals surface area contributed by atoms with Crippen LogP contribution in [0.5, 0.6) is 0 Å². The molecule has 0 bridgehead atoms. The Morgan fingerprint density at radius 2 is 2.11 bits per heavy atom. The maximum Gasteiger partial charge on any atom is 0.225 e.